The van der Waals surface area contributed by atoms with Crippen molar-refractivity contribution in [1.29, 1.82) is 0 Å². The van der Waals surface area contributed by atoms with Crippen LogP contribution in [-0.4, -0.2) is 34.4 Å². The molecule has 0 bridgehead atoms. The summed E-state index contributed by atoms with van der Waals surface area (Å²) >= 11 is 2.61. The molecule has 0 saturated carbocycles. The minimum absolute atomic E-state index is 0.104. The SMILES string of the molecule is CC(C)CNC(=O)NC(=O)CSc1nnc(Nc2ccc(C(C)C)cc2)s1. The highest BCUT2D eigenvalue weighted by Gasteiger charge is 2.11. The highest BCUT2D eigenvalue weighted by Crippen LogP contribution is 2.28. The van der Waals surface area contributed by atoms with Gasteiger partial charge in [0.05, 0.1) is 5.75 Å². The molecule has 0 spiro atoms. The first-order chi connectivity index (χ1) is 12.8. The molecule has 27 heavy (non-hydrogen) atoms. The Morgan fingerprint density at radius 2 is 1.81 bits per heavy atom. The van der Waals surface area contributed by atoms with Crippen molar-refractivity contribution in [3.63, 3.8) is 0 Å². The molecule has 0 aliphatic carbocycles. The topological polar surface area (TPSA) is 96.0 Å². The lowest BCUT2D eigenvalue weighted by atomic mass is 10.0. The van der Waals surface area contributed by atoms with Crippen molar-refractivity contribution in [3.05, 3.63) is 29.8 Å². The maximum Gasteiger partial charge on any atom is 0.321 e. The van der Waals surface area contributed by atoms with Crippen LogP contribution < -0.4 is 16.0 Å². The molecule has 2 rings (SSSR count). The van der Waals surface area contributed by atoms with E-state index in [1.807, 2.05) is 26.0 Å². The number of urea groups is 1. The van der Waals surface area contributed by atoms with Crippen LogP contribution in [0.25, 0.3) is 0 Å². The number of anilines is 2. The van der Waals surface area contributed by atoms with Crippen LogP contribution in [0, 0.1) is 5.92 Å². The minimum atomic E-state index is -0.473. The van der Waals surface area contributed by atoms with Gasteiger partial charge in [-0.15, -0.1) is 10.2 Å². The quantitative estimate of drug-likeness (QED) is 0.573. The molecular weight excluding hydrogens is 382 g/mol. The molecule has 1 aromatic heterocycles. The Morgan fingerprint density at radius 1 is 1.11 bits per heavy atom. The van der Waals surface area contributed by atoms with Crippen molar-refractivity contribution in [2.45, 2.75) is 38.0 Å². The van der Waals surface area contributed by atoms with Crippen molar-refractivity contribution in [2.75, 3.05) is 17.6 Å². The van der Waals surface area contributed by atoms with Crippen LogP contribution in [0.2, 0.25) is 0 Å². The highest BCUT2D eigenvalue weighted by atomic mass is 32.2. The zero-order chi connectivity index (χ0) is 19.8. The molecule has 0 unspecified atom stereocenters. The average Bonchev–Trinajstić information content (AvgIpc) is 3.06. The van der Waals surface area contributed by atoms with Gasteiger partial charge in [0.25, 0.3) is 0 Å². The van der Waals surface area contributed by atoms with Crippen molar-refractivity contribution in [3.8, 4) is 0 Å². The van der Waals surface area contributed by atoms with E-state index in [0.717, 1.165) is 5.69 Å². The second-order valence-corrected chi connectivity index (χ2v) is 8.92. The molecule has 0 radical (unpaired) electrons. The van der Waals surface area contributed by atoms with Crippen LogP contribution >= 0.6 is 23.1 Å². The van der Waals surface area contributed by atoms with Gasteiger partial charge >= 0.3 is 6.03 Å². The number of hydrogen-bond acceptors (Lipinski definition) is 7. The molecule has 9 heteroatoms. The Bertz CT molecular complexity index is 759. The van der Waals surface area contributed by atoms with Crippen molar-refractivity contribution < 1.29 is 9.59 Å². The van der Waals surface area contributed by atoms with E-state index in [1.165, 1.54) is 28.7 Å². The van der Waals surface area contributed by atoms with Gasteiger partial charge in [0.2, 0.25) is 11.0 Å². The third-order valence-corrected chi connectivity index (χ3v) is 5.46. The van der Waals surface area contributed by atoms with Gasteiger partial charge in [-0.25, -0.2) is 4.79 Å². The zero-order valence-electron chi connectivity index (χ0n) is 15.9. The molecule has 0 saturated heterocycles. The maximum absolute atomic E-state index is 11.8. The normalized spacial score (nSPS) is 10.9. The number of benzene rings is 1. The van der Waals surface area contributed by atoms with Gasteiger partial charge in [-0.05, 0) is 29.5 Å². The first-order valence-corrected chi connectivity index (χ1v) is 10.5. The van der Waals surface area contributed by atoms with Crippen LogP contribution in [0.15, 0.2) is 28.6 Å². The molecule has 0 fully saturated rings. The zero-order valence-corrected chi connectivity index (χ0v) is 17.5. The van der Waals surface area contributed by atoms with Crippen molar-refractivity contribution in [1.82, 2.24) is 20.8 Å². The smallest absolute Gasteiger partial charge is 0.321 e. The number of amides is 3. The first-order valence-electron chi connectivity index (χ1n) is 8.74. The van der Waals surface area contributed by atoms with Crippen molar-refractivity contribution >= 4 is 45.9 Å². The van der Waals surface area contributed by atoms with E-state index < -0.39 is 6.03 Å². The Balaban J connectivity index is 1.78. The summed E-state index contributed by atoms with van der Waals surface area (Å²) in [4.78, 5) is 23.4. The summed E-state index contributed by atoms with van der Waals surface area (Å²) in [5.41, 5.74) is 2.21. The summed E-state index contributed by atoms with van der Waals surface area (Å²) < 4.78 is 0.661. The lowest BCUT2D eigenvalue weighted by Crippen LogP contribution is -2.41. The number of carbonyl (C=O) groups excluding carboxylic acids is 2. The van der Waals surface area contributed by atoms with E-state index in [0.29, 0.717) is 27.9 Å². The van der Waals surface area contributed by atoms with Gasteiger partial charge in [0.1, 0.15) is 0 Å². The Labute approximate surface area is 167 Å². The first kappa shape index (κ1) is 21.2. The van der Waals surface area contributed by atoms with Gasteiger partial charge in [0.15, 0.2) is 4.34 Å². The maximum atomic E-state index is 11.8. The summed E-state index contributed by atoms with van der Waals surface area (Å²) in [6, 6.07) is 7.70. The monoisotopic (exact) mass is 407 g/mol. The fourth-order valence-electron chi connectivity index (χ4n) is 2.02. The van der Waals surface area contributed by atoms with E-state index >= 15 is 0 Å². The lowest BCUT2D eigenvalue weighted by molar-refractivity contribution is -0.117. The summed E-state index contributed by atoms with van der Waals surface area (Å²) in [5, 5.41) is 16.9. The summed E-state index contributed by atoms with van der Waals surface area (Å²) in [6.45, 7) is 8.80. The van der Waals surface area contributed by atoms with Crippen LogP contribution in [0.1, 0.15) is 39.2 Å². The molecule has 1 heterocycles. The van der Waals surface area contributed by atoms with Crippen molar-refractivity contribution in [2.24, 2.45) is 5.92 Å². The Morgan fingerprint density at radius 3 is 2.44 bits per heavy atom. The molecule has 1 aromatic carbocycles. The third kappa shape index (κ3) is 7.56. The lowest BCUT2D eigenvalue weighted by Gasteiger charge is -2.07. The average molecular weight is 408 g/mol. The summed E-state index contributed by atoms with van der Waals surface area (Å²) in [5.74, 6) is 0.554. The molecule has 2 aromatic rings. The number of rotatable bonds is 8. The van der Waals surface area contributed by atoms with Crippen LogP contribution in [0.5, 0.6) is 0 Å². The summed E-state index contributed by atoms with van der Waals surface area (Å²) in [6.07, 6.45) is 0. The largest absolute Gasteiger partial charge is 0.338 e. The van der Waals surface area contributed by atoms with Crippen LogP contribution in [-0.2, 0) is 4.79 Å². The van der Waals surface area contributed by atoms with Gasteiger partial charge in [-0.2, -0.15) is 0 Å². The Hall–Kier alpha value is -2.13. The second-order valence-electron chi connectivity index (χ2n) is 6.72. The minimum Gasteiger partial charge on any atom is -0.338 e. The third-order valence-electron chi connectivity index (χ3n) is 3.49. The molecule has 0 atom stereocenters. The molecule has 7 nitrogen and oxygen atoms in total. The molecule has 146 valence electrons. The van der Waals surface area contributed by atoms with E-state index in [-0.39, 0.29) is 11.7 Å². The summed E-state index contributed by atoms with van der Waals surface area (Å²) in [7, 11) is 0. The molecule has 3 N–H and O–H groups in total. The Kier molecular flexibility index (Phi) is 8.05. The molecule has 0 aliphatic heterocycles. The standard InChI is InChI=1S/C18H25N5O2S2/c1-11(2)9-19-16(25)21-15(24)10-26-18-23-22-17(27-18)20-14-7-5-13(6-8-14)12(3)4/h5-8,11-12H,9-10H2,1-4H3,(H,20,22)(H2,19,21,24,25). The fraction of sp³-hybridized carbons (Fsp3) is 0.444. The van der Waals surface area contributed by atoms with Gasteiger partial charge in [-0.3, -0.25) is 10.1 Å². The van der Waals surface area contributed by atoms with Gasteiger partial charge < -0.3 is 10.6 Å². The van der Waals surface area contributed by atoms with Crippen LogP contribution in [0.4, 0.5) is 15.6 Å². The van der Waals surface area contributed by atoms with E-state index in [2.05, 4.69) is 52.1 Å². The number of thioether (sulfide) groups is 1. The molecule has 3 amide bonds. The predicted octanol–water partition coefficient (Wildman–Crippen LogP) is 3.98. The highest BCUT2D eigenvalue weighted by molar-refractivity contribution is 8.01. The molecule has 0 aliphatic rings. The number of aromatic nitrogens is 2. The van der Waals surface area contributed by atoms with Gasteiger partial charge in [0, 0.05) is 12.2 Å². The fourth-order valence-corrected chi connectivity index (χ4v) is 3.60. The number of nitrogens with zero attached hydrogens (tertiary/aromatic N) is 2. The van der Waals surface area contributed by atoms with Crippen LogP contribution in [0.3, 0.4) is 0 Å². The van der Waals surface area contributed by atoms with E-state index in [4.69, 9.17) is 0 Å². The number of hydrogen-bond donors (Lipinski definition) is 3. The number of nitrogens with one attached hydrogen (secondary N) is 3. The predicted molar refractivity (Wildman–Crippen MR) is 111 cm³/mol. The number of imide groups is 1. The molecular formula is C18H25N5O2S2. The van der Waals surface area contributed by atoms with E-state index in [1.54, 1.807) is 0 Å². The van der Waals surface area contributed by atoms with Gasteiger partial charge in [-0.1, -0.05) is 62.9 Å². The van der Waals surface area contributed by atoms with E-state index in [9.17, 15) is 9.59 Å². The number of carbonyl (C=O) groups is 2. The second kappa shape index (κ2) is 10.3.